The summed E-state index contributed by atoms with van der Waals surface area (Å²) in [6, 6.07) is 8.11. The predicted molar refractivity (Wildman–Crippen MR) is 51.9 cm³/mol. The zero-order valence-electron chi connectivity index (χ0n) is 7.38. The van der Waals surface area contributed by atoms with E-state index in [-0.39, 0.29) is 6.61 Å². The molecule has 0 fully saturated rings. The normalized spacial score (nSPS) is 9.83. The van der Waals surface area contributed by atoms with Crippen LogP contribution in [0.15, 0.2) is 30.8 Å². The van der Waals surface area contributed by atoms with Crippen LogP contribution in [0.25, 0.3) is 5.57 Å². The highest BCUT2D eigenvalue weighted by atomic mass is 16.2. The Kier molecular flexibility index (Phi) is 3.06. The molecule has 1 aromatic rings. The maximum atomic E-state index is 8.73. The third-order valence-electron chi connectivity index (χ3n) is 1.82. The van der Waals surface area contributed by atoms with Gasteiger partial charge in [0.25, 0.3) is 0 Å². The average molecular weight is 162 g/mol. The molecule has 0 atom stereocenters. The average Bonchev–Trinajstić information content (AvgIpc) is 2.05. The molecule has 0 unspecified atom stereocenters. The maximum Gasteiger partial charge on any atom is 0.0471 e. The van der Waals surface area contributed by atoms with Crippen LogP contribution in [0.2, 0.25) is 0 Å². The van der Waals surface area contributed by atoms with Crippen molar-refractivity contribution in [2.75, 3.05) is 6.61 Å². The first-order valence-electron chi connectivity index (χ1n) is 4.09. The summed E-state index contributed by atoms with van der Waals surface area (Å²) in [7, 11) is 0. The molecule has 0 saturated carbocycles. The molecule has 1 nitrogen and oxygen atoms in total. The molecule has 0 radical (unpaired) electrons. The van der Waals surface area contributed by atoms with Gasteiger partial charge < -0.3 is 5.11 Å². The molecule has 0 aliphatic heterocycles. The molecule has 12 heavy (non-hydrogen) atoms. The van der Waals surface area contributed by atoms with E-state index in [9.17, 15) is 0 Å². The van der Waals surface area contributed by atoms with Crippen molar-refractivity contribution in [3.05, 3.63) is 42.0 Å². The van der Waals surface area contributed by atoms with Gasteiger partial charge in [0.2, 0.25) is 0 Å². The molecule has 1 N–H and O–H groups in total. The number of allylic oxidation sites excluding steroid dienone is 1. The van der Waals surface area contributed by atoms with Gasteiger partial charge >= 0.3 is 0 Å². The van der Waals surface area contributed by atoms with Crippen molar-refractivity contribution in [2.45, 2.75) is 13.3 Å². The van der Waals surface area contributed by atoms with Crippen molar-refractivity contribution < 1.29 is 5.11 Å². The van der Waals surface area contributed by atoms with Gasteiger partial charge in [0, 0.05) is 6.61 Å². The summed E-state index contributed by atoms with van der Waals surface area (Å²) >= 11 is 0. The highest BCUT2D eigenvalue weighted by molar-refractivity contribution is 5.61. The van der Waals surface area contributed by atoms with Crippen LogP contribution in [0.5, 0.6) is 0 Å². The first-order chi connectivity index (χ1) is 5.74. The quantitative estimate of drug-likeness (QED) is 0.722. The molecule has 0 bridgehead atoms. The molecule has 1 rings (SSSR count). The molecule has 0 aliphatic rings. The van der Waals surface area contributed by atoms with E-state index in [2.05, 4.69) is 12.6 Å². The van der Waals surface area contributed by atoms with E-state index in [1.165, 1.54) is 0 Å². The van der Waals surface area contributed by atoms with Crippen molar-refractivity contribution in [3.63, 3.8) is 0 Å². The summed E-state index contributed by atoms with van der Waals surface area (Å²) in [6.45, 7) is 6.06. The van der Waals surface area contributed by atoms with E-state index in [4.69, 9.17) is 5.11 Å². The minimum atomic E-state index is 0.208. The molecule has 0 aliphatic carbocycles. The number of aliphatic hydroxyl groups excluding tert-OH is 1. The smallest absolute Gasteiger partial charge is 0.0471 e. The second kappa shape index (κ2) is 4.07. The molecule has 0 aromatic heterocycles. The molecular weight excluding hydrogens is 148 g/mol. The van der Waals surface area contributed by atoms with Crippen LogP contribution in [0.1, 0.15) is 18.1 Å². The Labute approximate surface area is 73.4 Å². The molecule has 64 valence electrons. The second-order valence-electron chi connectivity index (χ2n) is 2.95. The Balaban J connectivity index is 2.88. The Bertz CT molecular complexity index is 276. The highest BCUT2D eigenvalue weighted by Gasteiger charge is 1.95. The van der Waals surface area contributed by atoms with Crippen molar-refractivity contribution in [1.29, 1.82) is 0 Å². The largest absolute Gasteiger partial charge is 0.396 e. The van der Waals surface area contributed by atoms with E-state index in [1.807, 2.05) is 25.1 Å². The van der Waals surface area contributed by atoms with Crippen LogP contribution in [-0.2, 0) is 6.42 Å². The van der Waals surface area contributed by atoms with Crippen LogP contribution < -0.4 is 0 Å². The lowest BCUT2D eigenvalue weighted by molar-refractivity contribution is 0.299. The van der Waals surface area contributed by atoms with Gasteiger partial charge in [-0.3, -0.25) is 0 Å². The first-order valence-corrected chi connectivity index (χ1v) is 4.09. The number of hydrogen-bond donors (Lipinski definition) is 1. The predicted octanol–water partition coefficient (Wildman–Crippen LogP) is 2.25. The van der Waals surface area contributed by atoms with Crippen LogP contribution in [-0.4, -0.2) is 11.7 Å². The molecule has 1 heteroatoms. The summed E-state index contributed by atoms with van der Waals surface area (Å²) in [5.74, 6) is 0. The number of aliphatic hydroxyl groups is 1. The molecule has 1 aromatic carbocycles. The van der Waals surface area contributed by atoms with Gasteiger partial charge in [-0.25, -0.2) is 0 Å². The third kappa shape index (κ3) is 2.21. The minimum absolute atomic E-state index is 0.208. The van der Waals surface area contributed by atoms with E-state index in [1.54, 1.807) is 0 Å². The van der Waals surface area contributed by atoms with Gasteiger partial charge in [-0.15, -0.1) is 0 Å². The fourth-order valence-electron chi connectivity index (χ4n) is 1.12. The topological polar surface area (TPSA) is 20.2 Å². The Morgan fingerprint density at radius 3 is 2.83 bits per heavy atom. The van der Waals surface area contributed by atoms with E-state index < -0.39 is 0 Å². The van der Waals surface area contributed by atoms with Gasteiger partial charge in [0.1, 0.15) is 0 Å². The second-order valence-corrected chi connectivity index (χ2v) is 2.95. The van der Waals surface area contributed by atoms with Crippen molar-refractivity contribution in [3.8, 4) is 0 Å². The molecule has 0 saturated heterocycles. The van der Waals surface area contributed by atoms with E-state index >= 15 is 0 Å². The van der Waals surface area contributed by atoms with Crippen LogP contribution in [0.3, 0.4) is 0 Å². The Morgan fingerprint density at radius 2 is 2.25 bits per heavy atom. The lowest BCUT2D eigenvalue weighted by atomic mass is 10.0. The lowest BCUT2D eigenvalue weighted by Crippen LogP contribution is -1.91. The van der Waals surface area contributed by atoms with Crippen molar-refractivity contribution >= 4 is 5.57 Å². The monoisotopic (exact) mass is 162 g/mol. The van der Waals surface area contributed by atoms with Gasteiger partial charge in [0.05, 0.1) is 0 Å². The standard InChI is InChI=1S/C11H14O/c1-9(2)11-5-3-4-10(8-11)6-7-12/h3-5,8,12H,1,6-7H2,2H3. The zero-order chi connectivity index (χ0) is 8.97. The number of hydrogen-bond acceptors (Lipinski definition) is 1. The highest BCUT2D eigenvalue weighted by Crippen LogP contribution is 2.13. The lowest BCUT2D eigenvalue weighted by Gasteiger charge is -2.02. The summed E-state index contributed by atoms with van der Waals surface area (Å²) in [4.78, 5) is 0. The van der Waals surface area contributed by atoms with Gasteiger partial charge in [0.15, 0.2) is 0 Å². The SMILES string of the molecule is C=C(C)c1cccc(CCO)c1. The zero-order valence-corrected chi connectivity index (χ0v) is 7.38. The fraction of sp³-hybridized carbons (Fsp3) is 0.273. The summed E-state index contributed by atoms with van der Waals surface area (Å²) in [5.41, 5.74) is 3.38. The van der Waals surface area contributed by atoms with Crippen LogP contribution >= 0.6 is 0 Å². The van der Waals surface area contributed by atoms with Crippen molar-refractivity contribution in [2.24, 2.45) is 0 Å². The summed E-state index contributed by atoms with van der Waals surface area (Å²) in [5, 5.41) is 8.73. The summed E-state index contributed by atoms with van der Waals surface area (Å²) in [6.07, 6.45) is 0.723. The Morgan fingerprint density at radius 1 is 1.50 bits per heavy atom. The first kappa shape index (κ1) is 9.01. The number of benzene rings is 1. The summed E-state index contributed by atoms with van der Waals surface area (Å²) < 4.78 is 0. The molecule has 0 spiro atoms. The van der Waals surface area contributed by atoms with E-state index in [0.29, 0.717) is 0 Å². The van der Waals surface area contributed by atoms with Crippen LogP contribution in [0, 0.1) is 0 Å². The molecular formula is C11H14O. The van der Waals surface area contributed by atoms with Crippen LogP contribution in [0.4, 0.5) is 0 Å². The minimum Gasteiger partial charge on any atom is -0.396 e. The van der Waals surface area contributed by atoms with Gasteiger partial charge in [-0.05, 0) is 24.5 Å². The molecule has 0 heterocycles. The van der Waals surface area contributed by atoms with Gasteiger partial charge in [-0.1, -0.05) is 36.4 Å². The number of rotatable bonds is 3. The van der Waals surface area contributed by atoms with Crippen molar-refractivity contribution in [1.82, 2.24) is 0 Å². The Hall–Kier alpha value is -1.08. The van der Waals surface area contributed by atoms with Gasteiger partial charge in [-0.2, -0.15) is 0 Å². The fourth-order valence-corrected chi connectivity index (χ4v) is 1.12. The molecule has 0 amide bonds. The third-order valence-corrected chi connectivity index (χ3v) is 1.82. The van der Waals surface area contributed by atoms with E-state index in [0.717, 1.165) is 23.1 Å². The maximum absolute atomic E-state index is 8.73.